The summed E-state index contributed by atoms with van der Waals surface area (Å²) in [5, 5.41) is 14.5. The summed E-state index contributed by atoms with van der Waals surface area (Å²) in [7, 11) is 0. The van der Waals surface area contributed by atoms with Crippen LogP contribution in [0.2, 0.25) is 0 Å². The molecule has 22 heavy (non-hydrogen) atoms. The summed E-state index contributed by atoms with van der Waals surface area (Å²) in [5.41, 5.74) is -0.604. The van der Waals surface area contributed by atoms with E-state index in [0.29, 0.717) is 30.8 Å². The van der Waals surface area contributed by atoms with Crippen LogP contribution in [0.5, 0.6) is 0 Å². The van der Waals surface area contributed by atoms with Crippen LogP contribution >= 0.6 is 0 Å². The van der Waals surface area contributed by atoms with E-state index in [0.717, 1.165) is 0 Å². The van der Waals surface area contributed by atoms with Gasteiger partial charge in [-0.15, -0.1) is 0 Å². The van der Waals surface area contributed by atoms with Crippen LogP contribution in [-0.4, -0.2) is 39.1 Å². The summed E-state index contributed by atoms with van der Waals surface area (Å²) in [6.07, 6.45) is 3.01. The lowest BCUT2D eigenvalue weighted by molar-refractivity contribution is -0.127. The summed E-state index contributed by atoms with van der Waals surface area (Å²) >= 11 is 0. The van der Waals surface area contributed by atoms with Gasteiger partial charge in [0.2, 0.25) is 5.91 Å². The highest BCUT2D eigenvalue weighted by Crippen LogP contribution is 2.32. The molecule has 1 saturated heterocycles. The number of aromatic nitrogens is 2. The maximum Gasteiger partial charge on any atom is 0.260 e. The molecule has 122 valence electrons. The normalized spacial score (nSPS) is 23.2. The maximum absolute atomic E-state index is 12.5. The Morgan fingerprint density at radius 1 is 1.50 bits per heavy atom. The molecule has 0 spiro atoms. The first-order chi connectivity index (χ1) is 10.1. The lowest BCUT2D eigenvalue weighted by atomic mass is 9.93. The standard InChI is InChI=1S/C16H25N3O3/c1-6-12-17-14(22-18-12)16(21)7-8-19(10-16)13(20)11(2)9-15(3,4)5/h9,21H,6-8,10H2,1-5H3/b11-9+. The topological polar surface area (TPSA) is 79.5 Å². The minimum absolute atomic E-state index is 0.0546. The smallest absolute Gasteiger partial charge is 0.260 e. The summed E-state index contributed by atoms with van der Waals surface area (Å²) in [5.74, 6) is 0.718. The van der Waals surface area contributed by atoms with Gasteiger partial charge in [-0.2, -0.15) is 4.98 Å². The molecule has 0 aliphatic carbocycles. The van der Waals surface area contributed by atoms with E-state index in [2.05, 4.69) is 30.9 Å². The number of β-amino-alcohol motifs (C(OH)–C–C–N with tert-alkyl or cyclic N) is 1. The first-order valence-corrected chi connectivity index (χ1v) is 7.69. The van der Waals surface area contributed by atoms with E-state index in [1.807, 2.05) is 19.9 Å². The first-order valence-electron chi connectivity index (χ1n) is 7.69. The largest absolute Gasteiger partial charge is 0.378 e. The van der Waals surface area contributed by atoms with Crippen LogP contribution < -0.4 is 0 Å². The fourth-order valence-corrected chi connectivity index (χ4v) is 2.69. The molecule has 0 radical (unpaired) electrons. The predicted molar refractivity (Wildman–Crippen MR) is 82.0 cm³/mol. The molecular weight excluding hydrogens is 282 g/mol. The molecule has 1 amide bonds. The molecule has 2 rings (SSSR count). The summed E-state index contributed by atoms with van der Waals surface area (Å²) in [4.78, 5) is 18.3. The molecule has 6 nitrogen and oxygen atoms in total. The maximum atomic E-state index is 12.5. The second-order valence-corrected chi connectivity index (χ2v) is 7.07. The van der Waals surface area contributed by atoms with E-state index >= 15 is 0 Å². The molecule has 1 aromatic heterocycles. The molecule has 1 aromatic rings. The second-order valence-electron chi connectivity index (χ2n) is 7.07. The number of allylic oxidation sites excluding steroid dienone is 1. The average molecular weight is 307 g/mol. The zero-order valence-corrected chi connectivity index (χ0v) is 14.0. The van der Waals surface area contributed by atoms with Gasteiger partial charge in [-0.25, -0.2) is 0 Å². The molecule has 2 heterocycles. The Morgan fingerprint density at radius 3 is 2.73 bits per heavy atom. The SMILES string of the molecule is CCc1noc(C2(O)CCN(C(=O)/C(C)=C/C(C)(C)C)C2)n1. The molecular formula is C16H25N3O3. The van der Waals surface area contributed by atoms with Gasteiger partial charge in [0.05, 0.1) is 6.54 Å². The highest BCUT2D eigenvalue weighted by atomic mass is 16.5. The predicted octanol–water partition coefficient (Wildman–Crippen LogP) is 2.04. The zero-order valence-electron chi connectivity index (χ0n) is 14.0. The molecule has 0 bridgehead atoms. The molecule has 6 heteroatoms. The van der Waals surface area contributed by atoms with Crippen LogP contribution in [0.4, 0.5) is 0 Å². The zero-order chi connectivity index (χ0) is 16.5. The van der Waals surface area contributed by atoms with Crippen molar-refractivity contribution in [3.8, 4) is 0 Å². The summed E-state index contributed by atoms with van der Waals surface area (Å²) in [6.45, 7) is 10.6. The summed E-state index contributed by atoms with van der Waals surface area (Å²) < 4.78 is 5.15. The van der Waals surface area contributed by atoms with Gasteiger partial charge in [0, 0.05) is 25.0 Å². The van der Waals surface area contributed by atoms with Gasteiger partial charge in [-0.3, -0.25) is 4.79 Å². The van der Waals surface area contributed by atoms with Gasteiger partial charge in [-0.1, -0.05) is 38.9 Å². The summed E-state index contributed by atoms with van der Waals surface area (Å²) in [6, 6.07) is 0. The molecule has 1 unspecified atom stereocenters. The minimum atomic E-state index is -1.24. The van der Waals surface area contributed by atoms with E-state index in [4.69, 9.17) is 4.52 Å². The Bertz CT molecular complexity index is 586. The molecule has 0 aromatic carbocycles. The van der Waals surface area contributed by atoms with Crippen molar-refractivity contribution in [3.63, 3.8) is 0 Å². The number of hydrogen-bond donors (Lipinski definition) is 1. The third-order valence-electron chi connectivity index (χ3n) is 3.70. The van der Waals surface area contributed by atoms with Crippen LogP contribution in [0.3, 0.4) is 0 Å². The van der Waals surface area contributed by atoms with Gasteiger partial charge in [0.1, 0.15) is 0 Å². The van der Waals surface area contributed by atoms with E-state index in [9.17, 15) is 9.90 Å². The second kappa shape index (κ2) is 5.83. The van der Waals surface area contributed by atoms with E-state index < -0.39 is 5.60 Å². The van der Waals surface area contributed by atoms with Crippen molar-refractivity contribution in [1.29, 1.82) is 0 Å². The van der Waals surface area contributed by atoms with Crippen LogP contribution in [-0.2, 0) is 16.8 Å². The number of nitrogens with zero attached hydrogens (tertiary/aromatic N) is 3. The van der Waals surface area contributed by atoms with Gasteiger partial charge in [0.25, 0.3) is 5.89 Å². The number of carbonyl (C=O) groups is 1. The Balaban J connectivity index is 2.12. The molecule has 0 saturated carbocycles. The van der Waals surface area contributed by atoms with Gasteiger partial charge < -0.3 is 14.5 Å². The van der Waals surface area contributed by atoms with Crippen LogP contribution in [0.15, 0.2) is 16.2 Å². The number of aliphatic hydroxyl groups is 1. The fraction of sp³-hybridized carbons (Fsp3) is 0.688. The number of aryl methyl sites for hydroxylation is 1. The number of carbonyl (C=O) groups excluding carboxylic acids is 1. The number of hydrogen-bond acceptors (Lipinski definition) is 5. The van der Waals surface area contributed by atoms with Crippen molar-refractivity contribution >= 4 is 5.91 Å². The highest BCUT2D eigenvalue weighted by molar-refractivity contribution is 5.93. The van der Waals surface area contributed by atoms with Gasteiger partial charge in [0.15, 0.2) is 11.4 Å². The van der Waals surface area contributed by atoms with Crippen LogP contribution in [0, 0.1) is 5.41 Å². The Morgan fingerprint density at radius 2 is 2.18 bits per heavy atom. The van der Waals surface area contributed by atoms with E-state index in [1.165, 1.54) is 0 Å². The number of likely N-dealkylation sites (tertiary alicyclic amines) is 1. The van der Waals surface area contributed by atoms with E-state index in [-0.39, 0.29) is 23.8 Å². The Kier molecular flexibility index (Phi) is 4.42. The minimum Gasteiger partial charge on any atom is -0.378 e. The van der Waals surface area contributed by atoms with Crippen molar-refractivity contribution in [2.45, 2.75) is 53.1 Å². The number of amides is 1. The third-order valence-corrected chi connectivity index (χ3v) is 3.70. The lowest BCUT2D eigenvalue weighted by Gasteiger charge is -2.21. The van der Waals surface area contributed by atoms with Crippen molar-refractivity contribution in [2.75, 3.05) is 13.1 Å². The molecule has 1 aliphatic heterocycles. The molecule has 1 atom stereocenters. The van der Waals surface area contributed by atoms with Gasteiger partial charge in [-0.05, 0) is 12.3 Å². The van der Waals surface area contributed by atoms with Crippen molar-refractivity contribution in [1.82, 2.24) is 15.0 Å². The van der Waals surface area contributed by atoms with Crippen LogP contribution in [0.25, 0.3) is 0 Å². The third kappa shape index (κ3) is 3.55. The monoisotopic (exact) mass is 307 g/mol. The quantitative estimate of drug-likeness (QED) is 0.865. The number of rotatable bonds is 3. The first kappa shape index (κ1) is 16.7. The Hall–Kier alpha value is -1.69. The lowest BCUT2D eigenvalue weighted by Crippen LogP contribution is -2.35. The van der Waals surface area contributed by atoms with Crippen molar-refractivity contribution < 1.29 is 14.4 Å². The van der Waals surface area contributed by atoms with Crippen LogP contribution in [0.1, 0.15) is 52.8 Å². The molecule has 1 N–H and O–H groups in total. The molecule has 1 fully saturated rings. The highest BCUT2D eigenvalue weighted by Gasteiger charge is 2.44. The molecule has 1 aliphatic rings. The van der Waals surface area contributed by atoms with Crippen molar-refractivity contribution in [3.05, 3.63) is 23.4 Å². The van der Waals surface area contributed by atoms with Gasteiger partial charge >= 0.3 is 0 Å². The van der Waals surface area contributed by atoms with Crippen molar-refractivity contribution in [2.24, 2.45) is 5.41 Å². The fourth-order valence-electron chi connectivity index (χ4n) is 2.69. The average Bonchev–Trinajstić information content (AvgIpc) is 3.03. The van der Waals surface area contributed by atoms with E-state index in [1.54, 1.807) is 4.90 Å². The Labute approximate surface area is 131 Å².